The van der Waals surface area contributed by atoms with Gasteiger partial charge in [0.05, 0.1) is 12.0 Å². The Kier molecular flexibility index (Phi) is 5.32. The quantitative estimate of drug-likeness (QED) is 0.564. The number of amides is 1. The summed E-state index contributed by atoms with van der Waals surface area (Å²) in [6, 6.07) is 13.9. The van der Waals surface area contributed by atoms with Gasteiger partial charge in [-0.1, -0.05) is 35.3 Å². The fourth-order valence-electron chi connectivity index (χ4n) is 2.94. The van der Waals surface area contributed by atoms with E-state index in [1.54, 1.807) is 42.8 Å². The van der Waals surface area contributed by atoms with Crippen LogP contribution in [-0.4, -0.2) is 28.2 Å². The molecule has 0 radical (unpaired) electrons. The lowest BCUT2D eigenvalue weighted by Crippen LogP contribution is -2.31. The van der Waals surface area contributed by atoms with Crippen LogP contribution in [0.1, 0.15) is 23.8 Å². The molecule has 3 aromatic rings. The minimum atomic E-state index is -0.346. The van der Waals surface area contributed by atoms with Crippen LogP contribution < -0.4 is 4.74 Å². The summed E-state index contributed by atoms with van der Waals surface area (Å²) in [5.74, 6) is 0.680. The Hall–Kier alpha value is -2.83. The summed E-state index contributed by atoms with van der Waals surface area (Å²) in [6.45, 7) is -0.222. The van der Waals surface area contributed by atoms with E-state index in [2.05, 4.69) is 10.1 Å². The summed E-state index contributed by atoms with van der Waals surface area (Å²) in [4.78, 5) is 16.8. The Bertz CT molecular complexity index is 1000. The van der Waals surface area contributed by atoms with E-state index in [-0.39, 0.29) is 23.7 Å². The number of carbonyl (C=O) groups is 1. The van der Waals surface area contributed by atoms with E-state index in [4.69, 9.17) is 32.4 Å². The Morgan fingerprint density at radius 3 is 2.71 bits per heavy atom. The number of halogens is 2. The molecule has 28 heavy (non-hydrogen) atoms. The SMILES string of the molecule is O=C(COc1cccnc1Cl)N1N=C(c2ccc(Cl)cc2)CC1c1ccco1. The van der Waals surface area contributed by atoms with Crippen LogP contribution in [-0.2, 0) is 4.79 Å². The number of ether oxygens (including phenoxy) is 1. The second kappa shape index (κ2) is 8.04. The Morgan fingerprint density at radius 2 is 2.00 bits per heavy atom. The van der Waals surface area contributed by atoms with Gasteiger partial charge in [-0.15, -0.1) is 0 Å². The zero-order valence-corrected chi connectivity index (χ0v) is 16.1. The molecule has 8 heteroatoms. The highest BCUT2D eigenvalue weighted by Crippen LogP contribution is 2.33. The molecular formula is C20H15Cl2N3O3. The van der Waals surface area contributed by atoms with Gasteiger partial charge in [0.15, 0.2) is 17.5 Å². The van der Waals surface area contributed by atoms with E-state index in [1.807, 2.05) is 18.2 Å². The monoisotopic (exact) mass is 415 g/mol. The van der Waals surface area contributed by atoms with E-state index in [1.165, 1.54) is 5.01 Å². The third-order valence-corrected chi connectivity index (χ3v) is 4.83. The zero-order chi connectivity index (χ0) is 19.5. The van der Waals surface area contributed by atoms with Crippen molar-refractivity contribution in [3.05, 3.63) is 82.5 Å². The van der Waals surface area contributed by atoms with E-state index >= 15 is 0 Å². The van der Waals surface area contributed by atoms with E-state index < -0.39 is 0 Å². The van der Waals surface area contributed by atoms with Gasteiger partial charge in [-0.2, -0.15) is 5.10 Å². The maximum absolute atomic E-state index is 12.8. The minimum Gasteiger partial charge on any atom is -0.480 e. The van der Waals surface area contributed by atoms with Crippen molar-refractivity contribution in [2.24, 2.45) is 5.10 Å². The van der Waals surface area contributed by atoms with Gasteiger partial charge in [0.1, 0.15) is 11.8 Å². The highest BCUT2D eigenvalue weighted by atomic mass is 35.5. The standard InChI is InChI=1S/C20H15Cl2N3O3/c21-14-7-5-13(6-8-14)15-11-16(17-4-2-10-27-17)25(24-15)19(26)12-28-18-3-1-9-23-20(18)22/h1-10,16H,11-12H2. The molecule has 0 saturated carbocycles. The van der Waals surface area contributed by atoms with Crippen LogP contribution in [0.2, 0.25) is 10.2 Å². The van der Waals surface area contributed by atoms with Gasteiger partial charge in [-0.25, -0.2) is 9.99 Å². The summed E-state index contributed by atoms with van der Waals surface area (Å²) in [6.07, 6.45) is 3.64. The highest BCUT2D eigenvalue weighted by molar-refractivity contribution is 6.31. The summed E-state index contributed by atoms with van der Waals surface area (Å²) in [5.41, 5.74) is 1.67. The number of benzene rings is 1. The van der Waals surface area contributed by atoms with Crippen molar-refractivity contribution in [2.45, 2.75) is 12.5 Å². The van der Waals surface area contributed by atoms with Crippen molar-refractivity contribution in [3.63, 3.8) is 0 Å². The number of aromatic nitrogens is 1. The van der Waals surface area contributed by atoms with E-state index in [0.29, 0.717) is 23.0 Å². The van der Waals surface area contributed by atoms with Gasteiger partial charge in [0.25, 0.3) is 5.91 Å². The van der Waals surface area contributed by atoms with Gasteiger partial charge in [0.2, 0.25) is 0 Å². The summed E-state index contributed by atoms with van der Waals surface area (Å²) in [7, 11) is 0. The Morgan fingerprint density at radius 1 is 1.18 bits per heavy atom. The number of hydrogen-bond acceptors (Lipinski definition) is 5. The molecule has 1 unspecified atom stereocenters. The molecule has 4 rings (SSSR count). The van der Waals surface area contributed by atoms with Crippen molar-refractivity contribution in [2.75, 3.05) is 6.61 Å². The third-order valence-electron chi connectivity index (χ3n) is 4.29. The molecule has 0 saturated heterocycles. The molecule has 6 nitrogen and oxygen atoms in total. The number of hydrogen-bond donors (Lipinski definition) is 0. The maximum Gasteiger partial charge on any atom is 0.281 e. The fourth-order valence-corrected chi connectivity index (χ4v) is 3.24. The predicted molar refractivity (Wildman–Crippen MR) is 106 cm³/mol. The predicted octanol–water partition coefficient (Wildman–Crippen LogP) is 4.74. The van der Waals surface area contributed by atoms with Crippen molar-refractivity contribution >= 4 is 34.8 Å². The van der Waals surface area contributed by atoms with Gasteiger partial charge in [-0.3, -0.25) is 4.79 Å². The third kappa shape index (κ3) is 3.88. The lowest BCUT2D eigenvalue weighted by molar-refractivity contribution is -0.135. The van der Waals surface area contributed by atoms with E-state index in [0.717, 1.165) is 11.3 Å². The second-order valence-electron chi connectivity index (χ2n) is 6.11. The van der Waals surface area contributed by atoms with Crippen LogP contribution in [0.15, 0.2) is 70.5 Å². The average molecular weight is 416 g/mol. The highest BCUT2D eigenvalue weighted by Gasteiger charge is 2.35. The van der Waals surface area contributed by atoms with Gasteiger partial charge < -0.3 is 9.15 Å². The van der Waals surface area contributed by atoms with Crippen molar-refractivity contribution < 1.29 is 13.9 Å². The molecule has 0 N–H and O–H groups in total. The van der Waals surface area contributed by atoms with Crippen LogP contribution in [0, 0.1) is 0 Å². The fraction of sp³-hybridized carbons (Fsp3) is 0.150. The number of rotatable bonds is 5. The molecule has 1 aromatic carbocycles. The van der Waals surface area contributed by atoms with Crippen LogP contribution in [0.5, 0.6) is 5.75 Å². The average Bonchev–Trinajstić information content (AvgIpc) is 3.37. The first kappa shape index (κ1) is 18.5. The molecule has 1 amide bonds. The number of carbonyl (C=O) groups excluding carboxylic acids is 1. The second-order valence-corrected chi connectivity index (χ2v) is 6.90. The number of furan rings is 1. The first-order valence-electron chi connectivity index (χ1n) is 8.54. The molecule has 0 bridgehead atoms. The summed E-state index contributed by atoms with van der Waals surface area (Å²) < 4.78 is 11.1. The molecular weight excluding hydrogens is 401 g/mol. The first-order chi connectivity index (χ1) is 13.6. The Labute approximate surface area is 171 Å². The first-order valence-corrected chi connectivity index (χ1v) is 9.29. The number of nitrogens with zero attached hydrogens (tertiary/aromatic N) is 3. The van der Waals surface area contributed by atoms with Crippen molar-refractivity contribution in [1.29, 1.82) is 0 Å². The molecule has 0 fully saturated rings. The summed E-state index contributed by atoms with van der Waals surface area (Å²) >= 11 is 11.9. The van der Waals surface area contributed by atoms with Crippen LogP contribution in [0.3, 0.4) is 0 Å². The molecule has 3 heterocycles. The largest absolute Gasteiger partial charge is 0.480 e. The maximum atomic E-state index is 12.8. The molecule has 0 spiro atoms. The van der Waals surface area contributed by atoms with Gasteiger partial charge in [-0.05, 0) is 42.0 Å². The topological polar surface area (TPSA) is 67.9 Å². The lowest BCUT2D eigenvalue weighted by atomic mass is 10.0. The summed E-state index contributed by atoms with van der Waals surface area (Å²) in [5, 5.41) is 6.76. The van der Waals surface area contributed by atoms with Crippen LogP contribution in [0.25, 0.3) is 0 Å². The minimum absolute atomic E-state index is 0.199. The molecule has 1 aliphatic heterocycles. The van der Waals surface area contributed by atoms with Gasteiger partial charge >= 0.3 is 0 Å². The molecule has 1 atom stereocenters. The van der Waals surface area contributed by atoms with Crippen LogP contribution in [0.4, 0.5) is 0 Å². The van der Waals surface area contributed by atoms with Crippen molar-refractivity contribution in [3.8, 4) is 5.75 Å². The molecule has 0 aliphatic carbocycles. The lowest BCUT2D eigenvalue weighted by Gasteiger charge is -2.20. The van der Waals surface area contributed by atoms with Gasteiger partial charge in [0, 0.05) is 17.6 Å². The van der Waals surface area contributed by atoms with E-state index in [9.17, 15) is 4.79 Å². The smallest absolute Gasteiger partial charge is 0.281 e. The van der Waals surface area contributed by atoms with Crippen LogP contribution >= 0.6 is 23.2 Å². The number of hydrazone groups is 1. The molecule has 2 aromatic heterocycles. The zero-order valence-electron chi connectivity index (χ0n) is 14.6. The van der Waals surface area contributed by atoms with Crippen molar-refractivity contribution in [1.82, 2.24) is 9.99 Å². The Balaban J connectivity index is 1.56. The molecule has 142 valence electrons. The normalized spacial score (nSPS) is 16.1. The molecule has 1 aliphatic rings. The number of pyridine rings is 1.